The van der Waals surface area contributed by atoms with Gasteiger partial charge >= 0.3 is 5.97 Å². The van der Waals surface area contributed by atoms with Crippen LogP contribution in [0.15, 0.2) is 25.3 Å². The van der Waals surface area contributed by atoms with Gasteiger partial charge in [-0.15, -0.1) is 13.2 Å². The number of unbranched alkanes of at least 4 members (excludes halogenated alkanes) is 4. The summed E-state index contributed by atoms with van der Waals surface area (Å²) >= 11 is 0. The number of hydrogen-bond acceptors (Lipinski definition) is 4. The average molecular weight is 488 g/mol. The Morgan fingerprint density at radius 3 is 2.26 bits per heavy atom. The van der Waals surface area contributed by atoms with Crippen molar-refractivity contribution in [3.05, 3.63) is 25.3 Å². The maximum absolute atomic E-state index is 13.7. The molecule has 1 saturated heterocycles. The maximum Gasteiger partial charge on any atom is 0.309 e. The van der Waals surface area contributed by atoms with E-state index in [1.807, 2.05) is 24.0 Å². The van der Waals surface area contributed by atoms with E-state index in [1.165, 1.54) is 7.11 Å². The average Bonchev–Trinajstić information content (AvgIpc) is 3.14. The third-order valence-electron chi connectivity index (χ3n) is 9.04. The summed E-state index contributed by atoms with van der Waals surface area (Å²) in [5, 5.41) is 0. The van der Waals surface area contributed by atoms with Gasteiger partial charge in [0.15, 0.2) is 5.78 Å². The molecular weight excluding hydrogens is 438 g/mol. The molecule has 2 rings (SSSR count). The third kappa shape index (κ3) is 6.86. The summed E-state index contributed by atoms with van der Waals surface area (Å²) in [7, 11) is 1.38. The highest BCUT2D eigenvalue weighted by Gasteiger charge is 2.69. The second-order valence-corrected chi connectivity index (χ2v) is 12.1. The summed E-state index contributed by atoms with van der Waals surface area (Å²) in [6, 6.07) is -0.429. The number of esters is 1. The normalized spacial score (nSPS) is 24.3. The lowest BCUT2D eigenvalue weighted by molar-refractivity contribution is -0.149. The number of likely N-dealkylation sites (tertiary alicyclic amines) is 1. The van der Waals surface area contributed by atoms with E-state index in [4.69, 9.17) is 4.74 Å². The molecule has 5 nitrogen and oxygen atoms in total. The van der Waals surface area contributed by atoms with Crippen molar-refractivity contribution in [2.24, 2.45) is 34.5 Å². The fraction of sp³-hybridized carbons (Fsp3) is 0.767. The van der Waals surface area contributed by atoms with Crippen LogP contribution in [0.3, 0.4) is 0 Å². The number of methoxy groups -OCH3 is 1. The second-order valence-electron chi connectivity index (χ2n) is 12.1. The molecule has 1 saturated carbocycles. The van der Waals surface area contributed by atoms with E-state index in [-0.39, 0.29) is 46.7 Å². The van der Waals surface area contributed by atoms with Crippen molar-refractivity contribution in [2.45, 2.75) is 98.4 Å². The van der Waals surface area contributed by atoms with E-state index in [0.717, 1.165) is 44.9 Å². The van der Waals surface area contributed by atoms with Crippen LogP contribution in [-0.2, 0) is 19.1 Å². The van der Waals surface area contributed by atoms with Gasteiger partial charge in [0, 0.05) is 18.9 Å². The van der Waals surface area contributed by atoms with Crippen molar-refractivity contribution in [1.29, 1.82) is 0 Å². The van der Waals surface area contributed by atoms with Gasteiger partial charge in [-0.25, -0.2) is 0 Å². The number of allylic oxidation sites excluding steroid dienone is 2. The van der Waals surface area contributed by atoms with E-state index in [1.54, 1.807) is 0 Å². The van der Waals surface area contributed by atoms with E-state index in [9.17, 15) is 14.4 Å². The number of ether oxygens (including phenoxy) is 1. The number of nitrogens with zero attached hydrogens (tertiary/aromatic N) is 1. The van der Waals surface area contributed by atoms with Crippen LogP contribution in [0.5, 0.6) is 0 Å². The molecule has 2 fully saturated rings. The molecule has 0 radical (unpaired) electrons. The lowest BCUT2D eigenvalue weighted by Gasteiger charge is -2.38. The first-order valence-corrected chi connectivity index (χ1v) is 13.6. The quantitative estimate of drug-likeness (QED) is 0.144. The van der Waals surface area contributed by atoms with Crippen LogP contribution < -0.4 is 0 Å². The van der Waals surface area contributed by atoms with Gasteiger partial charge in [-0.05, 0) is 61.2 Å². The van der Waals surface area contributed by atoms with Gasteiger partial charge < -0.3 is 9.64 Å². The zero-order valence-corrected chi connectivity index (χ0v) is 23.1. The first kappa shape index (κ1) is 29.3. The van der Waals surface area contributed by atoms with Crippen molar-refractivity contribution in [3.8, 4) is 0 Å². The summed E-state index contributed by atoms with van der Waals surface area (Å²) in [6.07, 6.45) is 11.4. The van der Waals surface area contributed by atoms with Crippen molar-refractivity contribution in [1.82, 2.24) is 4.90 Å². The summed E-state index contributed by atoms with van der Waals surface area (Å²) < 4.78 is 5.03. The standard InChI is InChI=1S/C30H49NO4/c1-9-11-13-15-17-22(28(34)35-8)19-24(32)26-25-23(30(25,6)7)20-31(26)27(33)21(3)29(4,5)18-16-14-12-10-2/h9-10,21-23,25-26H,1-2,11-20H2,3-8H3/t21-,22-,23?,25+,26-/m1/s1. The minimum absolute atomic E-state index is 0.0199. The Labute approximate surface area is 213 Å². The molecule has 1 amide bonds. The Morgan fingerprint density at radius 1 is 1.09 bits per heavy atom. The summed E-state index contributed by atoms with van der Waals surface area (Å²) in [5.41, 5.74) is -0.0842. The zero-order valence-electron chi connectivity index (χ0n) is 23.1. The molecule has 1 aliphatic heterocycles. The zero-order chi connectivity index (χ0) is 26.4. The van der Waals surface area contributed by atoms with E-state index >= 15 is 0 Å². The Bertz CT molecular complexity index is 783. The summed E-state index contributed by atoms with van der Waals surface area (Å²) in [6.45, 7) is 18.9. The largest absolute Gasteiger partial charge is 0.469 e. The third-order valence-corrected chi connectivity index (χ3v) is 9.04. The molecule has 198 valence electrons. The molecule has 0 aromatic heterocycles. The van der Waals surface area contributed by atoms with Crippen molar-refractivity contribution >= 4 is 17.7 Å². The number of piperidine rings is 1. The Balaban J connectivity index is 2.14. The molecule has 1 unspecified atom stereocenters. The smallest absolute Gasteiger partial charge is 0.309 e. The van der Waals surface area contributed by atoms with Crippen molar-refractivity contribution in [3.63, 3.8) is 0 Å². The van der Waals surface area contributed by atoms with Gasteiger partial charge in [0.25, 0.3) is 0 Å². The van der Waals surface area contributed by atoms with Gasteiger partial charge in [0.05, 0.1) is 19.1 Å². The van der Waals surface area contributed by atoms with Crippen LogP contribution in [0.25, 0.3) is 0 Å². The van der Waals surface area contributed by atoms with Gasteiger partial charge in [0.2, 0.25) is 5.91 Å². The predicted molar refractivity (Wildman–Crippen MR) is 142 cm³/mol. The van der Waals surface area contributed by atoms with Crippen LogP contribution in [-0.4, -0.2) is 42.3 Å². The van der Waals surface area contributed by atoms with E-state index in [2.05, 4.69) is 40.9 Å². The topological polar surface area (TPSA) is 63.7 Å². The lowest BCUT2D eigenvalue weighted by atomic mass is 9.75. The lowest BCUT2D eigenvalue weighted by Crippen LogP contribution is -2.50. The number of ketones is 1. The number of hydrogen-bond donors (Lipinski definition) is 0. The Hall–Kier alpha value is -1.91. The molecule has 0 aromatic carbocycles. The van der Waals surface area contributed by atoms with Crippen molar-refractivity contribution < 1.29 is 19.1 Å². The van der Waals surface area contributed by atoms with Crippen LogP contribution in [0, 0.1) is 34.5 Å². The molecule has 1 heterocycles. The van der Waals surface area contributed by atoms with Gasteiger partial charge in [-0.3, -0.25) is 14.4 Å². The predicted octanol–water partition coefficient (Wildman–Crippen LogP) is 6.37. The van der Waals surface area contributed by atoms with Gasteiger partial charge in [0.1, 0.15) is 0 Å². The van der Waals surface area contributed by atoms with Crippen LogP contribution in [0.4, 0.5) is 0 Å². The van der Waals surface area contributed by atoms with Crippen LogP contribution in [0.1, 0.15) is 92.4 Å². The van der Waals surface area contributed by atoms with Gasteiger partial charge in [-0.1, -0.05) is 59.6 Å². The molecule has 0 N–H and O–H groups in total. The molecule has 0 spiro atoms. The number of fused-ring (bicyclic) bond motifs is 1. The molecule has 1 aliphatic carbocycles. The maximum atomic E-state index is 13.7. The molecule has 5 heteroatoms. The highest BCUT2D eigenvalue weighted by atomic mass is 16.5. The minimum atomic E-state index is -0.450. The highest BCUT2D eigenvalue weighted by Crippen LogP contribution is 2.65. The molecule has 0 bridgehead atoms. The van der Waals surface area contributed by atoms with Crippen LogP contribution in [0.2, 0.25) is 0 Å². The number of carbonyl (C=O) groups excluding carboxylic acids is 3. The number of amides is 1. The fourth-order valence-electron chi connectivity index (χ4n) is 6.06. The Morgan fingerprint density at radius 2 is 1.69 bits per heavy atom. The molecule has 5 atom stereocenters. The van der Waals surface area contributed by atoms with Gasteiger partial charge in [-0.2, -0.15) is 0 Å². The summed E-state index contributed by atoms with van der Waals surface area (Å²) in [4.78, 5) is 41.8. The van der Waals surface area contributed by atoms with Crippen molar-refractivity contribution in [2.75, 3.05) is 13.7 Å². The first-order chi connectivity index (χ1) is 16.4. The SMILES string of the molecule is C=CCCCC[C@H](CC(=O)[C@@H]1[C@@H]2C(CN1C(=O)[C@@H](C)C(C)(C)CCCCC=C)C2(C)C)C(=O)OC. The second kappa shape index (κ2) is 12.4. The molecule has 35 heavy (non-hydrogen) atoms. The number of Topliss-reactive ketones (excluding diaryl/α,β-unsaturated/α-hetero) is 1. The highest BCUT2D eigenvalue weighted by molar-refractivity contribution is 5.93. The fourth-order valence-corrected chi connectivity index (χ4v) is 6.06. The number of rotatable bonds is 16. The first-order valence-electron chi connectivity index (χ1n) is 13.6. The molecular formula is C30H49NO4. The minimum Gasteiger partial charge on any atom is -0.469 e. The monoisotopic (exact) mass is 487 g/mol. The Kier molecular flexibility index (Phi) is 10.4. The summed E-state index contributed by atoms with van der Waals surface area (Å²) in [5.74, 6) is -0.305. The van der Waals surface area contributed by atoms with E-state index < -0.39 is 12.0 Å². The molecule has 2 aliphatic rings. The van der Waals surface area contributed by atoms with Crippen LogP contribution >= 0.6 is 0 Å². The van der Waals surface area contributed by atoms with E-state index in [0.29, 0.717) is 18.9 Å². The molecule has 0 aromatic rings. The number of carbonyl (C=O) groups is 3.